The maximum absolute atomic E-state index is 10.6. The molecule has 16 heavy (non-hydrogen) atoms. The topological polar surface area (TPSA) is 123 Å². The van der Waals surface area contributed by atoms with Crippen molar-refractivity contribution in [1.29, 1.82) is 0 Å². The lowest BCUT2D eigenvalue weighted by Gasteiger charge is -2.15. The molecule has 0 aliphatic heterocycles. The molecule has 0 aliphatic rings. The quantitative estimate of drug-likeness (QED) is 0.333. The van der Waals surface area contributed by atoms with Crippen molar-refractivity contribution in [3.63, 3.8) is 0 Å². The molecule has 1 heterocycles. The molecular formula is C8H11N3O4S. The molecule has 8 heteroatoms. The number of anilines is 1. The molecule has 0 spiro atoms. The molecule has 0 saturated heterocycles. The van der Waals surface area contributed by atoms with Crippen molar-refractivity contribution in [2.24, 2.45) is 0 Å². The zero-order valence-electron chi connectivity index (χ0n) is 8.15. The van der Waals surface area contributed by atoms with E-state index in [1.54, 1.807) is 0 Å². The molecule has 0 amide bonds. The van der Waals surface area contributed by atoms with Gasteiger partial charge in [0.25, 0.3) is 0 Å². The highest BCUT2D eigenvalue weighted by molar-refractivity contribution is 7.80. The van der Waals surface area contributed by atoms with E-state index in [1.165, 1.54) is 6.20 Å². The van der Waals surface area contributed by atoms with Gasteiger partial charge in [-0.15, -0.1) is 0 Å². The molecule has 1 aromatic heterocycles. The van der Waals surface area contributed by atoms with Gasteiger partial charge in [0.1, 0.15) is 6.10 Å². The molecule has 7 nitrogen and oxygen atoms in total. The third-order valence-electron chi connectivity index (χ3n) is 2.01. The number of thiol groups is 1. The largest absolute Gasteiger partial charge is 0.389 e. The van der Waals surface area contributed by atoms with E-state index in [9.17, 15) is 20.3 Å². The van der Waals surface area contributed by atoms with Gasteiger partial charge in [0.05, 0.1) is 11.0 Å². The molecule has 1 aromatic rings. The molecule has 0 saturated carbocycles. The highest BCUT2D eigenvalue weighted by Gasteiger charge is 2.21. The van der Waals surface area contributed by atoms with Crippen LogP contribution in [0.25, 0.3) is 0 Å². The zero-order valence-corrected chi connectivity index (χ0v) is 9.04. The summed E-state index contributed by atoms with van der Waals surface area (Å²) in [5.74, 6) is -0.208. The zero-order chi connectivity index (χ0) is 12.3. The van der Waals surface area contributed by atoms with Crippen molar-refractivity contribution >= 4 is 24.1 Å². The van der Waals surface area contributed by atoms with Crippen molar-refractivity contribution in [3.05, 3.63) is 27.9 Å². The summed E-state index contributed by atoms with van der Waals surface area (Å²) >= 11 is 3.80. The van der Waals surface area contributed by atoms with E-state index in [2.05, 4.69) is 17.6 Å². The number of nitrogen functional groups attached to an aromatic ring is 1. The monoisotopic (exact) mass is 245 g/mol. The lowest BCUT2D eigenvalue weighted by Crippen LogP contribution is -2.20. The van der Waals surface area contributed by atoms with Gasteiger partial charge in [-0.05, 0) is 0 Å². The summed E-state index contributed by atoms with van der Waals surface area (Å²) in [4.78, 5) is 13.4. The Balaban J connectivity index is 3.07. The highest BCUT2D eigenvalue weighted by Crippen LogP contribution is 2.25. The summed E-state index contributed by atoms with van der Waals surface area (Å²) in [5.41, 5.74) is 5.01. The SMILES string of the molecule is Nc1ncc(C(O)C(O)CS)cc1[N+](=O)[O-]. The van der Waals surface area contributed by atoms with Crippen LogP contribution in [0.3, 0.4) is 0 Å². The molecule has 2 atom stereocenters. The molecule has 4 N–H and O–H groups in total. The number of nitrogens with two attached hydrogens (primary N) is 1. The molecular weight excluding hydrogens is 234 g/mol. The number of nitrogens with zero attached hydrogens (tertiary/aromatic N) is 2. The van der Waals surface area contributed by atoms with Gasteiger partial charge < -0.3 is 15.9 Å². The van der Waals surface area contributed by atoms with E-state index < -0.39 is 22.8 Å². The molecule has 0 aliphatic carbocycles. The molecule has 88 valence electrons. The second-order valence-electron chi connectivity index (χ2n) is 3.12. The number of aliphatic hydroxyl groups excluding tert-OH is 2. The molecule has 1 rings (SSSR count). The van der Waals surface area contributed by atoms with Gasteiger partial charge in [-0.3, -0.25) is 10.1 Å². The smallest absolute Gasteiger partial charge is 0.311 e. The predicted molar refractivity (Wildman–Crippen MR) is 60.1 cm³/mol. The van der Waals surface area contributed by atoms with Gasteiger partial charge in [0.2, 0.25) is 5.82 Å². The first-order valence-electron chi connectivity index (χ1n) is 4.34. The molecule has 2 unspecified atom stereocenters. The lowest BCUT2D eigenvalue weighted by atomic mass is 10.1. The summed E-state index contributed by atoms with van der Waals surface area (Å²) in [5, 5.41) is 29.5. The molecule has 0 aromatic carbocycles. The van der Waals surface area contributed by atoms with Crippen molar-refractivity contribution in [2.45, 2.75) is 12.2 Å². The third-order valence-corrected chi connectivity index (χ3v) is 2.38. The molecule has 0 bridgehead atoms. The number of rotatable bonds is 4. The standard InChI is InChI=1S/C8H11N3O4S/c9-8-5(11(14)15)1-4(2-10-8)7(13)6(12)3-16/h1-2,6-7,12-13,16H,3H2,(H2,9,10). The number of nitro groups is 1. The van der Waals surface area contributed by atoms with Crippen molar-refractivity contribution < 1.29 is 15.1 Å². The van der Waals surface area contributed by atoms with E-state index in [4.69, 9.17) is 5.73 Å². The first kappa shape index (κ1) is 12.7. The van der Waals surface area contributed by atoms with Crippen LogP contribution in [0.2, 0.25) is 0 Å². The fourth-order valence-electron chi connectivity index (χ4n) is 1.11. The van der Waals surface area contributed by atoms with Crippen LogP contribution < -0.4 is 5.73 Å². The summed E-state index contributed by atoms with van der Waals surface area (Å²) in [6.45, 7) is 0. The van der Waals surface area contributed by atoms with Crippen molar-refractivity contribution in [3.8, 4) is 0 Å². The fraction of sp³-hybridized carbons (Fsp3) is 0.375. The first-order valence-corrected chi connectivity index (χ1v) is 4.97. The Labute approximate surface area is 96.5 Å². The molecule has 0 fully saturated rings. The van der Waals surface area contributed by atoms with Crippen LogP contribution in [-0.4, -0.2) is 32.0 Å². The Morgan fingerprint density at radius 1 is 1.62 bits per heavy atom. The summed E-state index contributed by atoms with van der Waals surface area (Å²) in [6.07, 6.45) is -1.21. The normalized spacial score (nSPS) is 14.4. The van der Waals surface area contributed by atoms with Crippen molar-refractivity contribution in [2.75, 3.05) is 11.5 Å². The minimum Gasteiger partial charge on any atom is -0.389 e. The van der Waals surface area contributed by atoms with Crippen molar-refractivity contribution in [1.82, 2.24) is 4.98 Å². The van der Waals surface area contributed by atoms with Crippen LogP contribution in [0.4, 0.5) is 11.5 Å². The lowest BCUT2D eigenvalue weighted by molar-refractivity contribution is -0.384. The maximum Gasteiger partial charge on any atom is 0.311 e. The Hall–Kier alpha value is -1.38. The average Bonchev–Trinajstić information content (AvgIpc) is 2.27. The van der Waals surface area contributed by atoms with Crippen LogP contribution in [0.5, 0.6) is 0 Å². The number of hydrogen-bond acceptors (Lipinski definition) is 7. The summed E-state index contributed by atoms with van der Waals surface area (Å²) < 4.78 is 0. The van der Waals surface area contributed by atoms with E-state index in [0.29, 0.717) is 0 Å². The summed E-state index contributed by atoms with van der Waals surface area (Å²) in [6, 6.07) is 1.08. The third kappa shape index (κ3) is 2.60. The minimum absolute atomic E-state index is 0.0271. The number of aromatic nitrogens is 1. The van der Waals surface area contributed by atoms with Crippen LogP contribution in [-0.2, 0) is 0 Å². The van der Waals surface area contributed by atoms with Gasteiger partial charge in [-0.25, -0.2) is 4.98 Å². The number of aliphatic hydroxyl groups is 2. The fourth-order valence-corrected chi connectivity index (χ4v) is 1.31. The van der Waals surface area contributed by atoms with Gasteiger partial charge in [-0.1, -0.05) is 0 Å². The van der Waals surface area contributed by atoms with Gasteiger partial charge in [0.15, 0.2) is 0 Å². The Morgan fingerprint density at radius 3 is 2.75 bits per heavy atom. The second-order valence-corrected chi connectivity index (χ2v) is 3.49. The van der Waals surface area contributed by atoms with Crippen LogP contribution >= 0.6 is 12.6 Å². The van der Waals surface area contributed by atoms with E-state index >= 15 is 0 Å². The van der Waals surface area contributed by atoms with E-state index in [-0.39, 0.29) is 17.1 Å². The Kier molecular flexibility index (Phi) is 4.05. The minimum atomic E-state index is -1.27. The number of pyridine rings is 1. The predicted octanol–water partition coefficient (Wildman–Crippen LogP) is -0.104. The molecule has 0 radical (unpaired) electrons. The second kappa shape index (κ2) is 5.10. The highest BCUT2D eigenvalue weighted by atomic mass is 32.1. The maximum atomic E-state index is 10.6. The van der Waals surface area contributed by atoms with Gasteiger partial charge in [0, 0.05) is 23.6 Å². The van der Waals surface area contributed by atoms with Gasteiger partial charge in [-0.2, -0.15) is 12.6 Å². The van der Waals surface area contributed by atoms with E-state index in [0.717, 1.165) is 6.07 Å². The summed E-state index contributed by atoms with van der Waals surface area (Å²) in [7, 11) is 0. The van der Waals surface area contributed by atoms with Crippen LogP contribution in [0.1, 0.15) is 11.7 Å². The number of hydrogen-bond donors (Lipinski definition) is 4. The van der Waals surface area contributed by atoms with Gasteiger partial charge >= 0.3 is 5.69 Å². The van der Waals surface area contributed by atoms with Crippen LogP contribution in [0, 0.1) is 10.1 Å². The average molecular weight is 245 g/mol. The van der Waals surface area contributed by atoms with Crippen LogP contribution in [0.15, 0.2) is 12.3 Å². The van der Waals surface area contributed by atoms with E-state index in [1.807, 2.05) is 0 Å². The Morgan fingerprint density at radius 2 is 2.25 bits per heavy atom. The first-order chi connectivity index (χ1) is 7.47. The Bertz CT molecular complexity index is 401.